The van der Waals surface area contributed by atoms with Gasteiger partial charge in [-0.15, -0.1) is 0 Å². The summed E-state index contributed by atoms with van der Waals surface area (Å²) < 4.78 is 70.3. The number of carbonyl (C=O) groups excluding carboxylic acids is 1. The molecule has 0 fully saturated rings. The number of alkyl carbamates (subject to hydrolysis) is 1. The zero-order chi connectivity index (χ0) is 26.9. The van der Waals surface area contributed by atoms with E-state index in [1.165, 1.54) is 25.1 Å². The number of rotatable bonds is 6. The lowest BCUT2D eigenvalue weighted by molar-refractivity contribution is -0.144. The van der Waals surface area contributed by atoms with Crippen molar-refractivity contribution in [2.24, 2.45) is 4.99 Å². The van der Waals surface area contributed by atoms with E-state index in [0.717, 1.165) is 0 Å². The first-order chi connectivity index (χ1) is 16.5. The molecule has 1 unspecified atom stereocenters. The lowest BCUT2D eigenvalue weighted by Crippen LogP contribution is -2.49. The number of ether oxygens (including phenoxy) is 1. The van der Waals surface area contributed by atoms with Gasteiger partial charge < -0.3 is 19.3 Å². The van der Waals surface area contributed by atoms with Crippen LogP contribution >= 0.6 is 0 Å². The minimum atomic E-state index is -5.90. The summed E-state index contributed by atoms with van der Waals surface area (Å²) in [6.07, 6.45) is -1.29. The third kappa shape index (κ3) is 5.61. The van der Waals surface area contributed by atoms with E-state index in [1.807, 2.05) is 0 Å². The predicted octanol–water partition coefficient (Wildman–Crippen LogP) is 4.49. The number of nitrogens with one attached hydrogen (secondary N) is 1. The molecule has 3 rings (SSSR count). The van der Waals surface area contributed by atoms with Gasteiger partial charge in [-0.25, -0.2) is 14.6 Å². The van der Waals surface area contributed by atoms with Crippen LogP contribution in [0.5, 0.6) is 0 Å². The van der Waals surface area contributed by atoms with E-state index in [9.17, 15) is 36.3 Å². The third-order valence-corrected chi connectivity index (χ3v) is 6.60. The Labute approximate surface area is 205 Å². The summed E-state index contributed by atoms with van der Waals surface area (Å²) in [5, 5.41) is 12.3. The molecule has 0 spiro atoms. The van der Waals surface area contributed by atoms with Gasteiger partial charge in [-0.05, 0) is 29.7 Å². The lowest BCUT2D eigenvalue weighted by Gasteiger charge is -2.33. The van der Waals surface area contributed by atoms with Crippen LogP contribution in [0.15, 0.2) is 53.5 Å². The maximum Gasteiger partial charge on any atom is 0.534 e. The van der Waals surface area contributed by atoms with E-state index in [0.29, 0.717) is 11.1 Å². The minimum Gasteiger partial charge on any atom is -0.479 e. The molecule has 1 aliphatic heterocycles. The Morgan fingerprint density at radius 3 is 2.36 bits per heavy atom. The number of benzene rings is 2. The van der Waals surface area contributed by atoms with Gasteiger partial charge in [0.25, 0.3) is 0 Å². The van der Waals surface area contributed by atoms with Crippen LogP contribution in [0.4, 0.5) is 23.7 Å². The predicted molar refractivity (Wildman–Crippen MR) is 122 cm³/mol. The van der Waals surface area contributed by atoms with Crippen molar-refractivity contribution in [1.29, 1.82) is 0 Å². The molecule has 0 aromatic heterocycles. The summed E-state index contributed by atoms with van der Waals surface area (Å²) in [7, 11) is -5.90. The number of alkyl halides is 3. The lowest BCUT2D eigenvalue weighted by atomic mass is 9.76. The average Bonchev–Trinajstić information content (AvgIpc) is 2.76. The fourth-order valence-electron chi connectivity index (χ4n) is 3.57. The first kappa shape index (κ1) is 27.0. The van der Waals surface area contributed by atoms with Crippen LogP contribution in [0.25, 0.3) is 0 Å². The second-order valence-corrected chi connectivity index (χ2v) is 10.4. The highest BCUT2D eigenvalue weighted by Crippen LogP contribution is 2.42. The van der Waals surface area contributed by atoms with Crippen molar-refractivity contribution in [1.82, 2.24) is 5.32 Å². The van der Waals surface area contributed by atoms with E-state index in [2.05, 4.69) is 14.5 Å². The molecular formula is C23H23F3N2O7S. The number of carboxylic acid groups (broad SMARTS) is 1. The monoisotopic (exact) mass is 528 g/mol. The average molecular weight is 529 g/mol. The van der Waals surface area contributed by atoms with Crippen LogP contribution in [-0.2, 0) is 41.4 Å². The van der Waals surface area contributed by atoms with E-state index >= 15 is 0 Å². The first-order valence-corrected chi connectivity index (χ1v) is 11.9. The van der Waals surface area contributed by atoms with Crippen molar-refractivity contribution in [2.45, 2.75) is 50.3 Å². The molecule has 1 heterocycles. The van der Waals surface area contributed by atoms with E-state index in [4.69, 9.17) is 4.74 Å². The van der Waals surface area contributed by atoms with Crippen LogP contribution in [0, 0.1) is 0 Å². The summed E-state index contributed by atoms with van der Waals surface area (Å²) in [5.41, 5.74) is -7.18. The van der Waals surface area contributed by atoms with Gasteiger partial charge in [0, 0.05) is 11.8 Å². The SMILES string of the molecule is CC1(C)CC(OS(=O)(=O)C(F)(F)F)=Nc2ccc(C(C)(NC(=O)OCc3ccccc3)C(=O)O)cc21. The number of hydrogen-bond acceptors (Lipinski definition) is 7. The quantitative estimate of drug-likeness (QED) is 0.417. The highest BCUT2D eigenvalue weighted by Gasteiger charge is 2.50. The standard InChI is InChI=1S/C23H23F3N2O7S/c1-21(2)12-18(35-36(32,33)23(24,25)26)27-17-10-9-15(11-16(17)21)22(3,19(29)30)28-20(31)34-13-14-7-5-4-6-8-14/h4-11H,12-13H2,1-3H3,(H,28,31)(H,29,30). The van der Waals surface area contributed by atoms with Crippen molar-refractivity contribution in [3.63, 3.8) is 0 Å². The number of aliphatic carboxylic acids is 1. The van der Waals surface area contributed by atoms with Gasteiger partial charge in [0.1, 0.15) is 6.61 Å². The largest absolute Gasteiger partial charge is 0.534 e. The molecule has 1 aliphatic rings. The normalized spacial score (nSPS) is 16.7. The van der Waals surface area contributed by atoms with Crippen LogP contribution in [0.1, 0.15) is 43.9 Å². The zero-order valence-electron chi connectivity index (χ0n) is 19.4. The van der Waals surface area contributed by atoms with Crippen molar-refractivity contribution >= 4 is 33.8 Å². The van der Waals surface area contributed by atoms with Gasteiger partial charge >= 0.3 is 27.7 Å². The second kappa shape index (κ2) is 9.45. The van der Waals surface area contributed by atoms with Crippen LogP contribution in [0.2, 0.25) is 0 Å². The third-order valence-electron chi connectivity index (χ3n) is 5.62. The molecule has 9 nitrogen and oxygen atoms in total. The summed E-state index contributed by atoms with van der Waals surface area (Å²) >= 11 is 0. The van der Waals surface area contributed by atoms with Gasteiger partial charge in [-0.1, -0.05) is 56.3 Å². The molecule has 194 valence electrons. The van der Waals surface area contributed by atoms with Gasteiger partial charge in [0.15, 0.2) is 5.54 Å². The molecule has 2 aromatic rings. The summed E-state index contributed by atoms with van der Waals surface area (Å²) in [6.45, 7) is 4.38. The Morgan fingerprint density at radius 2 is 1.78 bits per heavy atom. The molecule has 2 aromatic carbocycles. The molecule has 13 heteroatoms. The molecular weight excluding hydrogens is 505 g/mol. The molecule has 2 N–H and O–H groups in total. The number of aliphatic imine (C=N–C) groups is 1. The Balaban J connectivity index is 1.89. The van der Waals surface area contributed by atoms with Crippen molar-refractivity contribution in [3.05, 3.63) is 65.2 Å². The van der Waals surface area contributed by atoms with Crippen LogP contribution < -0.4 is 5.32 Å². The topological polar surface area (TPSA) is 131 Å². The molecule has 0 aliphatic carbocycles. The summed E-state index contributed by atoms with van der Waals surface area (Å²) in [5.74, 6) is -2.04. The summed E-state index contributed by atoms with van der Waals surface area (Å²) in [4.78, 5) is 28.5. The van der Waals surface area contributed by atoms with E-state index in [1.54, 1.807) is 44.2 Å². The van der Waals surface area contributed by atoms with E-state index < -0.39 is 44.5 Å². The van der Waals surface area contributed by atoms with Gasteiger partial charge in [-0.3, -0.25) is 0 Å². The highest BCUT2D eigenvalue weighted by molar-refractivity contribution is 7.88. The Bertz CT molecular complexity index is 1310. The molecule has 0 radical (unpaired) electrons. The number of halogens is 3. The second-order valence-electron chi connectivity index (χ2n) is 8.90. The maximum atomic E-state index is 12.7. The maximum absolute atomic E-state index is 12.7. The smallest absolute Gasteiger partial charge is 0.479 e. The van der Waals surface area contributed by atoms with Gasteiger partial charge in [0.05, 0.1) is 5.69 Å². The van der Waals surface area contributed by atoms with Crippen molar-refractivity contribution < 1.29 is 45.2 Å². The first-order valence-electron chi connectivity index (χ1n) is 10.5. The Morgan fingerprint density at radius 1 is 1.14 bits per heavy atom. The fourth-order valence-corrected chi connectivity index (χ4v) is 4.01. The summed E-state index contributed by atoms with van der Waals surface area (Å²) in [6, 6.07) is 12.8. The van der Waals surface area contributed by atoms with Crippen LogP contribution in [-0.4, -0.2) is 37.0 Å². The van der Waals surface area contributed by atoms with Crippen molar-refractivity contribution in [2.75, 3.05) is 0 Å². The number of hydrogen-bond donors (Lipinski definition) is 2. The molecule has 0 bridgehead atoms. The number of nitrogens with zero attached hydrogens (tertiary/aromatic N) is 1. The number of amides is 1. The van der Waals surface area contributed by atoms with E-state index in [-0.39, 0.29) is 24.3 Å². The molecule has 36 heavy (non-hydrogen) atoms. The molecule has 1 atom stereocenters. The molecule has 0 saturated carbocycles. The van der Waals surface area contributed by atoms with Crippen molar-refractivity contribution in [3.8, 4) is 0 Å². The number of fused-ring (bicyclic) bond motifs is 1. The molecule has 0 saturated heterocycles. The fraction of sp³-hybridized carbons (Fsp3) is 0.348. The zero-order valence-corrected chi connectivity index (χ0v) is 20.2. The van der Waals surface area contributed by atoms with Gasteiger partial charge in [-0.2, -0.15) is 21.6 Å². The number of carbonyl (C=O) groups is 2. The minimum absolute atomic E-state index is 0.0854. The van der Waals surface area contributed by atoms with Crippen LogP contribution in [0.3, 0.4) is 0 Å². The highest BCUT2D eigenvalue weighted by atomic mass is 32.2. The Hall–Kier alpha value is -3.61. The Kier molecular flexibility index (Phi) is 7.08. The molecule has 1 amide bonds. The number of carboxylic acids is 1. The van der Waals surface area contributed by atoms with Gasteiger partial charge in [0.2, 0.25) is 5.90 Å².